The number of anilines is 1. The molecule has 0 saturated carbocycles. The first-order valence-corrected chi connectivity index (χ1v) is 9.99. The van der Waals surface area contributed by atoms with E-state index in [1.165, 1.54) is 28.8 Å². The minimum Gasteiger partial charge on any atom is -0.352 e. The van der Waals surface area contributed by atoms with Crippen molar-refractivity contribution in [3.8, 4) is 0 Å². The molecule has 0 unspecified atom stereocenters. The zero-order chi connectivity index (χ0) is 19.0. The number of fused-ring (bicyclic) bond motifs is 1. The lowest BCUT2D eigenvalue weighted by atomic mass is 10.3. The maximum Gasteiger partial charge on any atom is 0.243 e. The predicted octanol–water partition coefficient (Wildman–Crippen LogP) is 0.891. The number of benzene rings is 1. The Morgan fingerprint density at radius 2 is 1.93 bits per heavy atom. The lowest BCUT2D eigenvalue weighted by Gasteiger charge is -2.34. The van der Waals surface area contributed by atoms with Crippen molar-refractivity contribution in [3.63, 3.8) is 0 Å². The summed E-state index contributed by atoms with van der Waals surface area (Å²) in [6.45, 7) is 4.02. The third-order valence-corrected chi connectivity index (χ3v) is 6.45. The second-order valence-corrected chi connectivity index (χ2v) is 8.06. The van der Waals surface area contributed by atoms with Gasteiger partial charge in [-0.05, 0) is 25.1 Å². The van der Waals surface area contributed by atoms with Crippen LogP contribution in [-0.4, -0.2) is 63.9 Å². The van der Waals surface area contributed by atoms with Crippen LogP contribution in [0.3, 0.4) is 0 Å². The Bertz CT molecular complexity index is 1080. The molecule has 11 heteroatoms. The van der Waals surface area contributed by atoms with Gasteiger partial charge in [0.25, 0.3) is 0 Å². The minimum absolute atomic E-state index is 0.0359. The van der Waals surface area contributed by atoms with Crippen molar-refractivity contribution in [1.82, 2.24) is 29.3 Å². The molecule has 0 aliphatic carbocycles. The number of piperazine rings is 1. The molecule has 1 fully saturated rings. The Balaban J connectivity index is 1.55. The summed E-state index contributed by atoms with van der Waals surface area (Å²) in [4.78, 5) is 10.5. The van der Waals surface area contributed by atoms with E-state index in [1.807, 2.05) is 11.8 Å². The van der Waals surface area contributed by atoms with Gasteiger partial charge in [0.05, 0.1) is 4.90 Å². The Morgan fingerprint density at radius 1 is 1.15 bits per heavy atom. The van der Waals surface area contributed by atoms with Gasteiger partial charge in [0.15, 0.2) is 17.0 Å². The first-order valence-electron chi connectivity index (χ1n) is 8.55. The van der Waals surface area contributed by atoms with Crippen molar-refractivity contribution < 1.29 is 12.8 Å². The molecule has 0 spiro atoms. The Labute approximate surface area is 155 Å². The first-order chi connectivity index (χ1) is 13.0. The van der Waals surface area contributed by atoms with Crippen molar-refractivity contribution in [2.75, 3.05) is 31.1 Å². The quantitative estimate of drug-likeness (QED) is 0.651. The van der Waals surface area contributed by atoms with Crippen LogP contribution in [0.15, 0.2) is 35.5 Å². The fourth-order valence-corrected chi connectivity index (χ4v) is 4.60. The normalized spacial score (nSPS) is 16.1. The van der Waals surface area contributed by atoms with E-state index < -0.39 is 15.8 Å². The van der Waals surface area contributed by atoms with Crippen LogP contribution < -0.4 is 4.90 Å². The summed E-state index contributed by atoms with van der Waals surface area (Å²) in [6.07, 6.45) is 1.46. The molecule has 0 radical (unpaired) electrons. The molecule has 1 saturated heterocycles. The number of rotatable bonds is 4. The molecule has 0 amide bonds. The van der Waals surface area contributed by atoms with Gasteiger partial charge >= 0.3 is 0 Å². The Hall–Kier alpha value is -2.66. The molecule has 1 aliphatic heterocycles. The van der Waals surface area contributed by atoms with Crippen LogP contribution in [0.5, 0.6) is 0 Å². The summed E-state index contributed by atoms with van der Waals surface area (Å²) in [5.41, 5.74) is 1.25. The molecule has 3 aromatic rings. The number of aromatic nitrogens is 5. The predicted molar refractivity (Wildman–Crippen MR) is 96.2 cm³/mol. The lowest BCUT2D eigenvalue weighted by molar-refractivity contribution is 0.384. The smallest absolute Gasteiger partial charge is 0.243 e. The second-order valence-electron chi connectivity index (χ2n) is 6.12. The van der Waals surface area contributed by atoms with Gasteiger partial charge < -0.3 is 4.90 Å². The highest BCUT2D eigenvalue weighted by Crippen LogP contribution is 2.24. The molecule has 4 rings (SSSR count). The van der Waals surface area contributed by atoms with E-state index in [0.717, 1.165) is 6.07 Å². The number of hydrogen-bond acceptors (Lipinski definition) is 7. The summed E-state index contributed by atoms with van der Waals surface area (Å²) >= 11 is 0. The molecule has 0 N–H and O–H groups in total. The van der Waals surface area contributed by atoms with Gasteiger partial charge in [0.1, 0.15) is 12.1 Å². The zero-order valence-electron chi connectivity index (χ0n) is 14.7. The van der Waals surface area contributed by atoms with E-state index in [1.54, 1.807) is 4.68 Å². The van der Waals surface area contributed by atoms with Crippen molar-refractivity contribution in [2.24, 2.45) is 0 Å². The SMILES string of the molecule is CCn1nnc2c(N3CCN(S(=O)(=O)c4cccc(F)c4)CC3)ncnc21. The summed E-state index contributed by atoms with van der Waals surface area (Å²) in [6, 6.07) is 5.06. The summed E-state index contributed by atoms with van der Waals surface area (Å²) in [7, 11) is -3.73. The molecular weight excluding hydrogens is 373 g/mol. The molecule has 0 atom stereocenters. The molecule has 9 nitrogen and oxygen atoms in total. The molecule has 1 aliphatic rings. The van der Waals surface area contributed by atoms with Crippen LogP contribution in [0.1, 0.15) is 6.92 Å². The number of nitrogens with zero attached hydrogens (tertiary/aromatic N) is 7. The van der Waals surface area contributed by atoms with Gasteiger partial charge in [0, 0.05) is 32.7 Å². The van der Waals surface area contributed by atoms with Crippen molar-refractivity contribution in [2.45, 2.75) is 18.4 Å². The first kappa shape index (κ1) is 17.7. The number of aryl methyl sites for hydroxylation is 1. The molecule has 0 bridgehead atoms. The molecule has 27 heavy (non-hydrogen) atoms. The van der Waals surface area contributed by atoms with Crippen LogP contribution in [-0.2, 0) is 16.6 Å². The van der Waals surface area contributed by atoms with E-state index in [2.05, 4.69) is 20.3 Å². The fraction of sp³-hybridized carbons (Fsp3) is 0.375. The summed E-state index contributed by atoms with van der Waals surface area (Å²) in [5, 5.41) is 8.23. The molecule has 1 aromatic carbocycles. The minimum atomic E-state index is -3.73. The summed E-state index contributed by atoms with van der Waals surface area (Å²) < 4.78 is 41.9. The fourth-order valence-electron chi connectivity index (χ4n) is 3.14. The van der Waals surface area contributed by atoms with Gasteiger partial charge in [0.2, 0.25) is 10.0 Å². The van der Waals surface area contributed by atoms with Gasteiger partial charge in [-0.2, -0.15) is 4.31 Å². The highest BCUT2D eigenvalue weighted by molar-refractivity contribution is 7.89. The molecule has 3 heterocycles. The highest BCUT2D eigenvalue weighted by Gasteiger charge is 2.30. The van der Waals surface area contributed by atoms with Crippen LogP contribution in [0, 0.1) is 5.82 Å². The highest BCUT2D eigenvalue weighted by atomic mass is 32.2. The number of sulfonamides is 1. The van der Waals surface area contributed by atoms with Gasteiger partial charge in [-0.1, -0.05) is 11.3 Å². The lowest BCUT2D eigenvalue weighted by Crippen LogP contribution is -2.49. The van der Waals surface area contributed by atoms with E-state index >= 15 is 0 Å². The number of halogens is 1. The van der Waals surface area contributed by atoms with E-state index in [9.17, 15) is 12.8 Å². The van der Waals surface area contributed by atoms with E-state index in [0.29, 0.717) is 36.6 Å². The van der Waals surface area contributed by atoms with Crippen molar-refractivity contribution in [3.05, 3.63) is 36.4 Å². The molecule has 142 valence electrons. The maximum absolute atomic E-state index is 13.4. The van der Waals surface area contributed by atoms with Gasteiger partial charge in [-0.3, -0.25) is 0 Å². The van der Waals surface area contributed by atoms with Crippen molar-refractivity contribution in [1.29, 1.82) is 0 Å². The second kappa shape index (κ2) is 6.82. The van der Waals surface area contributed by atoms with Gasteiger partial charge in [-0.15, -0.1) is 5.10 Å². The topological polar surface area (TPSA) is 97.1 Å². The van der Waals surface area contributed by atoms with E-state index in [-0.39, 0.29) is 18.0 Å². The Kier molecular flexibility index (Phi) is 4.48. The molecular formula is C16H18FN7O2S. The average Bonchev–Trinajstić information content (AvgIpc) is 3.11. The third-order valence-electron chi connectivity index (χ3n) is 4.55. The monoisotopic (exact) mass is 391 g/mol. The average molecular weight is 391 g/mol. The Morgan fingerprint density at radius 3 is 2.63 bits per heavy atom. The van der Waals surface area contributed by atoms with Crippen LogP contribution in [0.4, 0.5) is 10.2 Å². The van der Waals surface area contributed by atoms with Crippen LogP contribution in [0.2, 0.25) is 0 Å². The van der Waals surface area contributed by atoms with Crippen LogP contribution >= 0.6 is 0 Å². The van der Waals surface area contributed by atoms with Crippen LogP contribution in [0.25, 0.3) is 11.2 Å². The number of hydrogen-bond donors (Lipinski definition) is 0. The maximum atomic E-state index is 13.4. The standard InChI is InChI=1S/C16H18FN7O2S/c1-2-24-16-14(20-21-24)15(18-11-19-16)22-6-8-23(9-7-22)27(25,26)13-5-3-4-12(17)10-13/h3-5,10-11H,2,6-9H2,1H3. The third kappa shape index (κ3) is 3.12. The molecule has 2 aromatic heterocycles. The largest absolute Gasteiger partial charge is 0.352 e. The van der Waals surface area contributed by atoms with Crippen molar-refractivity contribution >= 4 is 27.0 Å². The van der Waals surface area contributed by atoms with Gasteiger partial charge in [-0.25, -0.2) is 27.5 Å². The summed E-state index contributed by atoms with van der Waals surface area (Å²) in [5.74, 6) is 0.0691. The zero-order valence-corrected chi connectivity index (χ0v) is 15.5. The van der Waals surface area contributed by atoms with E-state index in [4.69, 9.17) is 0 Å².